The molecule has 2 heterocycles. The molecule has 1 aromatic heterocycles. The Hall–Kier alpha value is -0.810. The number of nitrogens with zero attached hydrogens (tertiary/aromatic N) is 1. The van der Waals surface area contributed by atoms with E-state index in [0.717, 1.165) is 12.8 Å². The number of fused-ring (bicyclic) bond motifs is 1. The molecule has 2 fully saturated rings. The first-order valence-corrected chi connectivity index (χ1v) is 7.22. The van der Waals surface area contributed by atoms with Crippen LogP contribution >= 0.6 is 15.9 Å². The van der Waals surface area contributed by atoms with Gasteiger partial charge in [-0.05, 0) is 34.8 Å². The van der Waals surface area contributed by atoms with Crippen molar-refractivity contribution in [2.45, 2.75) is 37.8 Å². The van der Waals surface area contributed by atoms with E-state index in [2.05, 4.69) is 15.9 Å². The Morgan fingerprint density at radius 3 is 3.00 bits per heavy atom. The van der Waals surface area contributed by atoms with E-state index in [4.69, 9.17) is 9.15 Å². The van der Waals surface area contributed by atoms with Gasteiger partial charge in [-0.25, -0.2) is 0 Å². The van der Waals surface area contributed by atoms with E-state index in [9.17, 15) is 4.79 Å². The first-order chi connectivity index (χ1) is 8.77. The van der Waals surface area contributed by atoms with Crippen molar-refractivity contribution in [3.63, 3.8) is 0 Å². The number of carbonyl (C=O) groups excluding carboxylic acids is 1. The predicted molar refractivity (Wildman–Crippen MR) is 69.4 cm³/mol. The van der Waals surface area contributed by atoms with E-state index in [0.29, 0.717) is 23.4 Å². The number of carbonyl (C=O) groups is 1. The molecule has 5 heteroatoms. The smallest absolute Gasteiger partial charge is 0.258 e. The predicted octanol–water partition coefficient (Wildman–Crippen LogP) is 2.83. The van der Waals surface area contributed by atoms with Gasteiger partial charge in [0, 0.05) is 6.54 Å². The number of ether oxygens (including phenoxy) is 1. The highest BCUT2D eigenvalue weighted by molar-refractivity contribution is 9.10. The lowest BCUT2D eigenvalue weighted by Crippen LogP contribution is -2.54. The molecule has 2 unspecified atom stereocenters. The van der Waals surface area contributed by atoms with Crippen molar-refractivity contribution < 1.29 is 13.9 Å². The lowest BCUT2D eigenvalue weighted by atomic mass is 9.90. The van der Waals surface area contributed by atoms with E-state index in [1.54, 1.807) is 6.07 Å². The SMILES string of the molecule is O=C(c1ccoc1Br)N1CCOC2CCCCC21. The number of morpholine rings is 1. The van der Waals surface area contributed by atoms with Crippen molar-refractivity contribution in [3.8, 4) is 0 Å². The highest BCUT2D eigenvalue weighted by atomic mass is 79.9. The van der Waals surface area contributed by atoms with Crippen molar-refractivity contribution in [2.24, 2.45) is 0 Å². The standard InChI is InChI=1S/C13H16BrNO3/c14-12-9(5-7-18-12)13(16)15-6-8-17-11-4-2-1-3-10(11)15/h5,7,10-11H,1-4,6,8H2. The van der Waals surface area contributed by atoms with Crippen molar-refractivity contribution in [1.82, 2.24) is 4.90 Å². The molecule has 1 saturated carbocycles. The van der Waals surface area contributed by atoms with Crippen LogP contribution in [0.2, 0.25) is 0 Å². The van der Waals surface area contributed by atoms with Crippen molar-refractivity contribution in [2.75, 3.05) is 13.2 Å². The van der Waals surface area contributed by atoms with Crippen LogP contribution in [-0.2, 0) is 4.74 Å². The largest absolute Gasteiger partial charge is 0.457 e. The van der Waals surface area contributed by atoms with Crippen molar-refractivity contribution in [3.05, 3.63) is 22.6 Å². The molecule has 0 radical (unpaired) electrons. The van der Waals surface area contributed by atoms with Gasteiger partial charge in [-0.3, -0.25) is 4.79 Å². The van der Waals surface area contributed by atoms with E-state index in [-0.39, 0.29) is 18.1 Å². The minimum Gasteiger partial charge on any atom is -0.457 e. The quantitative estimate of drug-likeness (QED) is 0.800. The fourth-order valence-corrected chi connectivity index (χ4v) is 3.36. The van der Waals surface area contributed by atoms with Gasteiger partial charge in [0.1, 0.15) is 0 Å². The molecule has 0 N–H and O–H groups in total. The van der Waals surface area contributed by atoms with Gasteiger partial charge >= 0.3 is 0 Å². The number of hydrogen-bond acceptors (Lipinski definition) is 3. The van der Waals surface area contributed by atoms with Gasteiger partial charge in [-0.1, -0.05) is 12.8 Å². The average molecular weight is 314 g/mol. The summed E-state index contributed by atoms with van der Waals surface area (Å²) in [4.78, 5) is 14.5. The summed E-state index contributed by atoms with van der Waals surface area (Å²) in [7, 11) is 0. The number of furan rings is 1. The third-order valence-electron chi connectivity index (χ3n) is 3.84. The van der Waals surface area contributed by atoms with Gasteiger partial charge in [0.25, 0.3) is 5.91 Å². The molecule has 1 aromatic rings. The third-order valence-corrected chi connectivity index (χ3v) is 4.46. The number of amides is 1. The molecule has 3 rings (SSSR count). The average Bonchev–Trinajstić information content (AvgIpc) is 2.83. The molecule has 0 bridgehead atoms. The Morgan fingerprint density at radius 1 is 1.39 bits per heavy atom. The summed E-state index contributed by atoms with van der Waals surface area (Å²) in [6.07, 6.45) is 6.27. The maximum absolute atomic E-state index is 12.5. The highest BCUT2D eigenvalue weighted by Gasteiger charge is 2.37. The van der Waals surface area contributed by atoms with Gasteiger partial charge in [0.05, 0.1) is 30.6 Å². The van der Waals surface area contributed by atoms with Gasteiger partial charge in [-0.2, -0.15) is 0 Å². The van der Waals surface area contributed by atoms with Crippen molar-refractivity contribution >= 4 is 21.8 Å². The normalized spacial score (nSPS) is 27.9. The minimum atomic E-state index is 0.0517. The molecule has 2 atom stereocenters. The zero-order valence-electron chi connectivity index (χ0n) is 10.1. The molecule has 18 heavy (non-hydrogen) atoms. The second-order valence-corrected chi connectivity index (χ2v) is 5.59. The molecule has 2 aliphatic rings. The molecule has 4 nitrogen and oxygen atoms in total. The van der Waals surface area contributed by atoms with Crippen molar-refractivity contribution in [1.29, 1.82) is 0 Å². The number of halogens is 1. The fraction of sp³-hybridized carbons (Fsp3) is 0.615. The van der Waals surface area contributed by atoms with Gasteiger partial charge < -0.3 is 14.1 Å². The first kappa shape index (κ1) is 12.2. The summed E-state index contributed by atoms with van der Waals surface area (Å²) >= 11 is 3.28. The molecular formula is C13H16BrNO3. The molecule has 1 aliphatic heterocycles. The van der Waals surface area contributed by atoms with E-state index < -0.39 is 0 Å². The van der Waals surface area contributed by atoms with Crippen LogP contribution in [0.25, 0.3) is 0 Å². The van der Waals surface area contributed by atoms with Crippen LogP contribution in [0.1, 0.15) is 36.0 Å². The molecule has 1 aliphatic carbocycles. The molecule has 1 amide bonds. The summed E-state index contributed by atoms with van der Waals surface area (Å²) in [5.41, 5.74) is 0.612. The molecular weight excluding hydrogens is 298 g/mol. The van der Waals surface area contributed by atoms with Gasteiger partial charge in [0.15, 0.2) is 4.67 Å². The minimum absolute atomic E-state index is 0.0517. The zero-order valence-corrected chi connectivity index (χ0v) is 11.7. The Bertz CT molecular complexity index is 443. The maximum atomic E-state index is 12.5. The monoisotopic (exact) mass is 313 g/mol. The Balaban J connectivity index is 1.82. The summed E-state index contributed by atoms with van der Waals surface area (Å²) < 4.78 is 11.5. The fourth-order valence-electron chi connectivity index (χ4n) is 2.95. The molecule has 98 valence electrons. The number of hydrogen-bond donors (Lipinski definition) is 0. The summed E-state index contributed by atoms with van der Waals surface area (Å²) in [6, 6.07) is 1.96. The van der Waals surface area contributed by atoms with Crippen LogP contribution < -0.4 is 0 Å². The number of rotatable bonds is 1. The van der Waals surface area contributed by atoms with Crippen LogP contribution in [0, 0.1) is 0 Å². The summed E-state index contributed by atoms with van der Waals surface area (Å²) in [5, 5.41) is 0. The van der Waals surface area contributed by atoms with Crippen LogP contribution in [0.15, 0.2) is 21.4 Å². The maximum Gasteiger partial charge on any atom is 0.258 e. The Morgan fingerprint density at radius 2 is 2.22 bits per heavy atom. The zero-order chi connectivity index (χ0) is 12.5. The first-order valence-electron chi connectivity index (χ1n) is 6.43. The van der Waals surface area contributed by atoms with Crippen LogP contribution in [0.3, 0.4) is 0 Å². The van der Waals surface area contributed by atoms with Crippen LogP contribution in [0.4, 0.5) is 0 Å². The van der Waals surface area contributed by atoms with Crippen LogP contribution in [0.5, 0.6) is 0 Å². The summed E-state index contributed by atoms with van der Waals surface area (Å²) in [5.74, 6) is 0.0517. The second kappa shape index (κ2) is 5.05. The highest BCUT2D eigenvalue weighted by Crippen LogP contribution is 2.30. The van der Waals surface area contributed by atoms with E-state index in [1.807, 2.05) is 4.90 Å². The van der Waals surface area contributed by atoms with Gasteiger partial charge in [0.2, 0.25) is 0 Å². The lowest BCUT2D eigenvalue weighted by Gasteiger charge is -2.43. The van der Waals surface area contributed by atoms with E-state index >= 15 is 0 Å². The van der Waals surface area contributed by atoms with E-state index in [1.165, 1.54) is 19.1 Å². The second-order valence-electron chi connectivity index (χ2n) is 4.87. The topological polar surface area (TPSA) is 42.7 Å². The third kappa shape index (κ3) is 2.10. The lowest BCUT2D eigenvalue weighted by molar-refractivity contribution is -0.0753. The molecule has 0 aromatic carbocycles. The Labute approximate surface area is 114 Å². The molecule has 0 spiro atoms. The summed E-state index contributed by atoms with van der Waals surface area (Å²) in [6.45, 7) is 1.32. The van der Waals surface area contributed by atoms with Gasteiger partial charge in [-0.15, -0.1) is 0 Å². The molecule has 1 saturated heterocycles. The Kier molecular flexibility index (Phi) is 3.43. The van der Waals surface area contributed by atoms with Crippen LogP contribution in [-0.4, -0.2) is 36.1 Å².